The van der Waals surface area contributed by atoms with Crippen LogP contribution in [0.2, 0.25) is 0 Å². The molecule has 3 heteroatoms. The van der Waals surface area contributed by atoms with Crippen LogP contribution in [0.25, 0.3) is 11.1 Å². The fourth-order valence-electron chi connectivity index (χ4n) is 1.66. The van der Waals surface area contributed by atoms with Crippen LogP contribution in [0.1, 0.15) is 17.3 Å². The van der Waals surface area contributed by atoms with Crippen molar-refractivity contribution in [3.8, 4) is 11.1 Å². The van der Waals surface area contributed by atoms with Crippen LogP contribution in [0.4, 0.5) is 4.39 Å². The van der Waals surface area contributed by atoms with Crippen molar-refractivity contribution in [3.05, 3.63) is 59.9 Å². The van der Waals surface area contributed by atoms with E-state index in [0.29, 0.717) is 17.7 Å². The summed E-state index contributed by atoms with van der Waals surface area (Å²) in [6, 6.07) is 14.0. The molecule has 0 fully saturated rings. The molecule has 0 spiro atoms. The molecule has 0 N–H and O–H groups in total. The zero-order valence-electron chi connectivity index (χ0n) is 9.94. The van der Waals surface area contributed by atoms with Gasteiger partial charge in [0.05, 0.1) is 12.2 Å². The quantitative estimate of drug-likeness (QED) is 0.771. The van der Waals surface area contributed by atoms with Gasteiger partial charge < -0.3 is 4.74 Å². The number of esters is 1. The monoisotopic (exact) mass is 243 g/mol. The van der Waals surface area contributed by atoms with Gasteiger partial charge in [0.15, 0.2) is 0 Å². The van der Waals surface area contributed by atoms with Gasteiger partial charge in [0, 0.05) is 6.07 Å². The normalized spacial score (nSPS) is 10.1. The Kier molecular flexibility index (Phi) is 3.72. The Labute approximate surface area is 105 Å². The molecular formula is C15H12FO2. The smallest absolute Gasteiger partial charge is 0.338 e. The van der Waals surface area contributed by atoms with E-state index in [4.69, 9.17) is 4.74 Å². The van der Waals surface area contributed by atoms with Crippen molar-refractivity contribution in [1.29, 1.82) is 0 Å². The molecule has 0 amide bonds. The largest absolute Gasteiger partial charge is 0.462 e. The average molecular weight is 243 g/mol. The summed E-state index contributed by atoms with van der Waals surface area (Å²) in [5, 5.41) is 0. The maximum atomic E-state index is 13.1. The summed E-state index contributed by atoms with van der Waals surface area (Å²) in [4.78, 5) is 11.6. The zero-order chi connectivity index (χ0) is 13.0. The number of benzene rings is 2. The summed E-state index contributed by atoms with van der Waals surface area (Å²) in [7, 11) is 0. The molecule has 2 aromatic carbocycles. The Morgan fingerprint density at radius 3 is 2.78 bits per heavy atom. The van der Waals surface area contributed by atoms with E-state index < -0.39 is 5.82 Å². The molecule has 0 aliphatic carbocycles. The second kappa shape index (κ2) is 5.45. The van der Waals surface area contributed by atoms with Gasteiger partial charge in [-0.15, -0.1) is 0 Å². The van der Waals surface area contributed by atoms with E-state index in [9.17, 15) is 9.18 Å². The molecule has 1 radical (unpaired) electrons. The van der Waals surface area contributed by atoms with E-state index in [1.54, 1.807) is 31.2 Å². The molecule has 0 aliphatic rings. The van der Waals surface area contributed by atoms with Crippen LogP contribution < -0.4 is 0 Å². The highest BCUT2D eigenvalue weighted by molar-refractivity contribution is 5.91. The molecule has 0 saturated heterocycles. The van der Waals surface area contributed by atoms with Gasteiger partial charge in [-0.25, -0.2) is 9.18 Å². The maximum Gasteiger partial charge on any atom is 0.338 e. The Hall–Kier alpha value is -2.16. The van der Waals surface area contributed by atoms with Gasteiger partial charge in [-0.3, -0.25) is 0 Å². The van der Waals surface area contributed by atoms with Gasteiger partial charge in [-0.05, 0) is 36.2 Å². The molecule has 18 heavy (non-hydrogen) atoms. The highest BCUT2D eigenvalue weighted by atomic mass is 19.1. The lowest BCUT2D eigenvalue weighted by atomic mass is 10.0. The lowest BCUT2D eigenvalue weighted by molar-refractivity contribution is 0.0526. The summed E-state index contributed by atoms with van der Waals surface area (Å²) in [5.41, 5.74) is 1.94. The number of hydrogen-bond acceptors (Lipinski definition) is 2. The minimum atomic E-state index is -0.422. The minimum absolute atomic E-state index is 0.331. The number of carbonyl (C=O) groups excluding carboxylic acids is 1. The predicted octanol–water partition coefficient (Wildman–Crippen LogP) is 3.47. The molecule has 0 atom stereocenters. The summed E-state index contributed by atoms with van der Waals surface area (Å²) in [6.45, 7) is 2.09. The molecule has 2 nitrogen and oxygen atoms in total. The number of ether oxygens (including phenoxy) is 1. The van der Waals surface area contributed by atoms with Gasteiger partial charge in [0.2, 0.25) is 0 Å². The van der Waals surface area contributed by atoms with Crippen LogP contribution in [0.15, 0.2) is 42.5 Å². The number of rotatable bonds is 3. The zero-order valence-corrected chi connectivity index (χ0v) is 9.94. The molecule has 2 aromatic rings. The first-order valence-electron chi connectivity index (χ1n) is 5.65. The van der Waals surface area contributed by atoms with E-state index in [2.05, 4.69) is 6.07 Å². The molecule has 2 rings (SSSR count). The lowest BCUT2D eigenvalue weighted by Crippen LogP contribution is -2.04. The van der Waals surface area contributed by atoms with Crippen molar-refractivity contribution in [2.75, 3.05) is 6.61 Å². The number of halogens is 1. The van der Waals surface area contributed by atoms with E-state index >= 15 is 0 Å². The van der Waals surface area contributed by atoms with Crippen molar-refractivity contribution in [2.45, 2.75) is 6.92 Å². The maximum absolute atomic E-state index is 13.1. The van der Waals surface area contributed by atoms with E-state index in [0.717, 1.165) is 5.56 Å². The fourth-order valence-corrected chi connectivity index (χ4v) is 1.66. The second-order valence-electron chi connectivity index (χ2n) is 3.73. The van der Waals surface area contributed by atoms with Gasteiger partial charge in [-0.2, -0.15) is 0 Å². The van der Waals surface area contributed by atoms with Crippen LogP contribution in [0.5, 0.6) is 0 Å². The Morgan fingerprint density at radius 1 is 1.28 bits per heavy atom. The SMILES string of the molecule is CCOC(=O)c1cccc(-c2cc[c]c(F)c2)c1. The molecular weight excluding hydrogens is 231 g/mol. The number of carbonyl (C=O) groups is 1. The molecule has 0 bridgehead atoms. The molecule has 91 valence electrons. The summed E-state index contributed by atoms with van der Waals surface area (Å²) in [5.74, 6) is -0.795. The first kappa shape index (κ1) is 12.3. The van der Waals surface area contributed by atoms with E-state index in [1.165, 1.54) is 12.1 Å². The van der Waals surface area contributed by atoms with Crippen LogP contribution in [0.3, 0.4) is 0 Å². The molecule has 0 heterocycles. The minimum Gasteiger partial charge on any atom is -0.462 e. The lowest BCUT2D eigenvalue weighted by Gasteiger charge is -2.05. The fraction of sp³-hybridized carbons (Fsp3) is 0.133. The predicted molar refractivity (Wildman–Crippen MR) is 66.6 cm³/mol. The summed E-state index contributed by atoms with van der Waals surface area (Å²) < 4.78 is 18.0. The number of hydrogen-bond donors (Lipinski definition) is 0. The van der Waals surface area contributed by atoms with Gasteiger partial charge in [-0.1, -0.05) is 24.3 Å². The topological polar surface area (TPSA) is 26.3 Å². The van der Waals surface area contributed by atoms with Crippen LogP contribution in [0, 0.1) is 11.9 Å². The molecule has 0 unspecified atom stereocenters. The molecule has 0 saturated carbocycles. The standard InChI is InChI=1S/C15H12FO2/c1-2-18-15(17)13-7-3-5-11(9-13)12-6-4-8-14(16)10-12/h3-7,9-10H,2H2,1H3. The first-order valence-corrected chi connectivity index (χ1v) is 5.65. The van der Waals surface area contributed by atoms with Crippen molar-refractivity contribution >= 4 is 5.97 Å². The summed E-state index contributed by atoms with van der Waals surface area (Å²) in [6.07, 6.45) is 0. The average Bonchev–Trinajstić information content (AvgIpc) is 2.39. The van der Waals surface area contributed by atoms with E-state index in [-0.39, 0.29) is 5.97 Å². The Bertz CT molecular complexity index is 564. The Balaban J connectivity index is 2.35. The molecule has 0 aliphatic heterocycles. The Morgan fingerprint density at radius 2 is 2.06 bits per heavy atom. The van der Waals surface area contributed by atoms with Crippen LogP contribution in [-0.2, 0) is 4.74 Å². The highest BCUT2D eigenvalue weighted by Gasteiger charge is 2.07. The van der Waals surface area contributed by atoms with Crippen molar-refractivity contribution in [2.24, 2.45) is 0 Å². The van der Waals surface area contributed by atoms with Crippen molar-refractivity contribution in [3.63, 3.8) is 0 Å². The van der Waals surface area contributed by atoms with Gasteiger partial charge in [0.1, 0.15) is 5.82 Å². The second-order valence-corrected chi connectivity index (χ2v) is 3.73. The third kappa shape index (κ3) is 2.74. The van der Waals surface area contributed by atoms with Crippen molar-refractivity contribution < 1.29 is 13.9 Å². The van der Waals surface area contributed by atoms with Crippen LogP contribution in [-0.4, -0.2) is 12.6 Å². The van der Waals surface area contributed by atoms with Gasteiger partial charge >= 0.3 is 5.97 Å². The molecule has 0 aromatic heterocycles. The van der Waals surface area contributed by atoms with E-state index in [1.807, 2.05) is 6.07 Å². The highest BCUT2D eigenvalue weighted by Crippen LogP contribution is 2.21. The van der Waals surface area contributed by atoms with Gasteiger partial charge in [0.25, 0.3) is 0 Å². The third-order valence-electron chi connectivity index (χ3n) is 2.47. The first-order chi connectivity index (χ1) is 8.70. The third-order valence-corrected chi connectivity index (χ3v) is 2.47. The van der Waals surface area contributed by atoms with Crippen molar-refractivity contribution in [1.82, 2.24) is 0 Å². The van der Waals surface area contributed by atoms with Crippen LogP contribution >= 0.6 is 0 Å². The summed E-state index contributed by atoms with van der Waals surface area (Å²) >= 11 is 0.